The van der Waals surface area contributed by atoms with E-state index >= 15 is 0 Å². The Bertz CT molecular complexity index is 475. The number of ketones is 2. The summed E-state index contributed by atoms with van der Waals surface area (Å²) in [6, 6.07) is 6.33. The standard InChI is InChI=1S/C14H16O5/c1-8(12(9(2)15)14(17)18)13(16)10-4-6-11(19-3)7-5-10/h4-8,12H,1-3H3,(H,17,18). The van der Waals surface area contributed by atoms with Crippen molar-refractivity contribution in [3.05, 3.63) is 29.8 Å². The molecule has 2 unspecified atom stereocenters. The Morgan fingerprint density at radius 2 is 1.68 bits per heavy atom. The minimum atomic E-state index is -1.31. The first-order chi connectivity index (χ1) is 8.88. The highest BCUT2D eigenvalue weighted by molar-refractivity contribution is 6.06. The monoisotopic (exact) mass is 264 g/mol. The number of carbonyl (C=O) groups is 3. The van der Waals surface area contributed by atoms with Gasteiger partial charge in [0, 0.05) is 11.5 Å². The smallest absolute Gasteiger partial charge is 0.314 e. The van der Waals surface area contributed by atoms with Crippen molar-refractivity contribution in [1.29, 1.82) is 0 Å². The van der Waals surface area contributed by atoms with Gasteiger partial charge in [0.2, 0.25) is 0 Å². The van der Waals surface area contributed by atoms with Gasteiger partial charge in [-0.1, -0.05) is 6.92 Å². The SMILES string of the molecule is COc1ccc(C(=O)C(C)C(C(C)=O)C(=O)O)cc1. The molecule has 0 spiro atoms. The Labute approximate surface area is 111 Å². The van der Waals surface area contributed by atoms with E-state index in [0.29, 0.717) is 11.3 Å². The summed E-state index contributed by atoms with van der Waals surface area (Å²) in [4.78, 5) is 34.5. The van der Waals surface area contributed by atoms with Crippen molar-refractivity contribution in [2.45, 2.75) is 13.8 Å². The molecule has 1 rings (SSSR count). The lowest BCUT2D eigenvalue weighted by molar-refractivity contribution is -0.147. The number of aliphatic carboxylic acids is 1. The molecule has 1 N–H and O–H groups in total. The van der Waals surface area contributed by atoms with E-state index in [-0.39, 0.29) is 5.78 Å². The quantitative estimate of drug-likeness (QED) is 0.626. The van der Waals surface area contributed by atoms with Crippen LogP contribution in [0.5, 0.6) is 5.75 Å². The fraction of sp³-hybridized carbons (Fsp3) is 0.357. The highest BCUT2D eigenvalue weighted by Gasteiger charge is 2.34. The first-order valence-electron chi connectivity index (χ1n) is 5.80. The number of ether oxygens (including phenoxy) is 1. The molecule has 0 aliphatic heterocycles. The summed E-state index contributed by atoms with van der Waals surface area (Å²) in [5.41, 5.74) is 0.362. The number of methoxy groups -OCH3 is 1. The second kappa shape index (κ2) is 6.13. The van der Waals surface area contributed by atoms with Crippen LogP contribution in [0.3, 0.4) is 0 Å². The van der Waals surface area contributed by atoms with Crippen LogP contribution in [0.1, 0.15) is 24.2 Å². The fourth-order valence-corrected chi connectivity index (χ4v) is 1.91. The van der Waals surface area contributed by atoms with E-state index in [2.05, 4.69) is 0 Å². The molecule has 0 aliphatic carbocycles. The van der Waals surface area contributed by atoms with Crippen LogP contribution in [-0.2, 0) is 9.59 Å². The molecule has 5 nitrogen and oxygen atoms in total. The van der Waals surface area contributed by atoms with Crippen LogP contribution in [0.15, 0.2) is 24.3 Å². The summed E-state index contributed by atoms with van der Waals surface area (Å²) in [6.07, 6.45) is 0. The molecular weight excluding hydrogens is 248 g/mol. The Kier molecular flexibility index (Phi) is 4.80. The summed E-state index contributed by atoms with van der Waals surface area (Å²) in [6.45, 7) is 2.63. The van der Waals surface area contributed by atoms with Crippen molar-refractivity contribution in [2.24, 2.45) is 11.8 Å². The van der Waals surface area contributed by atoms with Crippen LogP contribution < -0.4 is 4.74 Å². The zero-order valence-corrected chi connectivity index (χ0v) is 11.0. The topological polar surface area (TPSA) is 80.7 Å². The predicted octanol–water partition coefficient (Wildman–Crippen LogP) is 1.80. The lowest BCUT2D eigenvalue weighted by Gasteiger charge is -2.16. The van der Waals surface area contributed by atoms with E-state index in [1.165, 1.54) is 21.0 Å². The Morgan fingerprint density at radius 1 is 1.16 bits per heavy atom. The molecule has 1 aromatic carbocycles. The lowest BCUT2D eigenvalue weighted by Crippen LogP contribution is -2.33. The molecule has 0 aliphatic rings. The van der Waals surface area contributed by atoms with Gasteiger partial charge in [0.05, 0.1) is 7.11 Å². The number of carboxylic acids is 1. The number of carbonyl (C=O) groups excluding carboxylic acids is 2. The number of benzene rings is 1. The zero-order chi connectivity index (χ0) is 14.6. The van der Waals surface area contributed by atoms with Crippen molar-refractivity contribution in [3.63, 3.8) is 0 Å². The van der Waals surface area contributed by atoms with Gasteiger partial charge in [-0.25, -0.2) is 0 Å². The van der Waals surface area contributed by atoms with E-state index in [0.717, 1.165) is 0 Å². The van der Waals surface area contributed by atoms with Crippen molar-refractivity contribution in [3.8, 4) is 5.75 Å². The molecule has 102 valence electrons. The third kappa shape index (κ3) is 3.40. The minimum absolute atomic E-state index is 0.362. The summed E-state index contributed by atoms with van der Waals surface area (Å²) in [7, 11) is 1.51. The second-order valence-corrected chi connectivity index (χ2v) is 4.31. The molecule has 5 heteroatoms. The van der Waals surface area contributed by atoms with Crippen molar-refractivity contribution < 1.29 is 24.2 Å². The van der Waals surface area contributed by atoms with Crippen LogP contribution in [-0.4, -0.2) is 29.8 Å². The number of hydrogen-bond donors (Lipinski definition) is 1. The van der Waals surface area contributed by atoms with Crippen LogP contribution in [0.2, 0.25) is 0 Å². The largest absolute Gasteiger partial charge is 0.497 e. The Balaban J connectivity index is 2.97. The molecule has 0 heterocycles. The van der Waals surface area contributed by atoms with Gasteiger partial charge in [0.25, 0.3) is 0 Å². The Hall–Kier alpha value is -2.17. The molecule has 19 heavy (non-hydrogen) atoms. The third-order valence-corrected chi connectivity index (χ3v) is 2.99. The van der Waals surface area contributed by atoms with Gasteiger partial charge in [0.15, 0.2) is 5.78 Å². The molecule has 1 aromatic rings. The molecule has 0 saturated heterocycles. The van der Waals surface area contributed by atoms with E-state index < -0.39 is 23.6 Å². The molecule has 2 atom stereocenters. The van der Waals surface area contributed by atoms with Gasteiger partial charge in [-0.2, -0.15) is 0 Å². The number of Topliss-reactive ketones (excluding diaryl/α,β-unsaturated/α-hetero) is 2. The Morgan fingerprint density at radius 3 is 2.05 bits per heavy atom. The first kappa shape index (κ1) is 14.9. The molecule has 0 fully saturated rings. The van der Waals surface area contributed by atoms with Crippen molar-refractivity contribution in [2.75, 3.05) is 7.11 Å². The normalized spacial score (nSPS) is 13.4. The van der Waals surface area contributed by atoms with Crippen LogP contribution in [0.4, 0.5) is 0 Å². The molecule has 0 amide bonds. The maximum atomic E-state index is 12.1. The molecular formula is C14H16O5. The molecule has 0 saturated carbocycles. The van der Waals surface area contributed by atoms with Crippen molar-refractivity contribution >= 4 is 17.5 Å². The lowest BCUT2D eigenvalue weighted by atomic mass is 9.85. The second-order valence-electron chi connectivity index (χ2n) is 4.31. The molecule has 0 bridgehead atoms. The average Bonchev–Trinajstić information content (AvgIpc) is 2.37. The summed E-state index contributed by atoms with van der Waals surface area (Å²) in [5, 5.41) is 9.00. The number of carboxylic acid groups (broad SMARTS) is 1. The predicted molar refractivity (Wildman–Crippen MR) is 68.3 cm³/mol. The third-order valence-electron chi connectivity index (χ3n) is 2.99. The average molecular weight is 264 g/mol. The highest BCUT2D eigenvalue weighted by atomic mass is 16.5. The van der Waals surface area contributed by atoms with E-state index in [1.807, 2.05) is 0 Å². The first-order valence-corrected chi connectivity index (χ1v) is 5.80. The van der Waals surface area contributed by atoms with Crippen LogP contribution >= 0.6 is 0 Å². The minimum Gasteiger partial charge on any atom is -0.497 e. The van der Waals surface area contributed by atoms with E-state index in [9.17, 15) is 14.4 Å². The maximum Gasteiger partial charge on any atom is 0.314 e. The van der Waals surface area contributed by atoms with Gasteiger partial charge >= 0.3 is 5.97 Å². The van der Waals surface area contributed by atoms with Gasteiger partial charge in [-0.3, -0.25) is 14.4 Å². The molecule has 0 aromatic heterocycles. The fourth-order valence-electron chi connectivity index (χ4n) is 1.91. The van der Waals surface area contributed by atoms with Crippen molar-refractivity contribution in [1.82, 2.24) is 0 Å². The number of rotatable bonds is 6. The van der Waals surface area contributed by atoms with Gasteiger partial charge < -0.3 is 9.84 Å². The van der Waals surface area contributed by atoms with E-state index in [1.54, 1.807) is 24.3 Å². The van der Waals surface area contributed by atoms with E-state index in [4.69, 9.17) is 9.84 Å². The van der Waals surface area contributed by atoms with Gasteiger partial charge in [-0.15, -0.1) is 0 Å². The molecule has 0 radical (unpaired) electrons. The van der Waals surface area contributed by atoms with Crippen LogP contribution in [0, 0.1) is 11.8 Å². The van der Waals surface area contributed by atoms with Gasteiger partial charge in [0.1, 0.15) is 17.5 Å². The zero-order valence-electron chi connectivity index (χ0n) is 11.0. The summed E-state index contributed by atoms with van der Waals surface area (Å²) in [5.74, 6) is -3.78. The highest BCUT2D eigenvalue weighted by Crippen LogP contribution is 2.20. The summed E-state index contributed by atoms with van der Waals surface area (Å²) >= 11 is 0. The number of hydrogen-bond acceptors (Lipinski definition) is 4. The summed E-state index contributed by atoms with van der Waals surface area (Å²) < 4.78 is 4.97. The van der Waals surface area contributed by atoms with Crippen LogP contribution in [0.25, 0.3) is 0 Å². The van der Waals surface area contributed by atoms with Gasteiger partial charge in [-0.05, 0) is 31.2 Å². The maximum absolute atomic E-state index is 12.1.